The summed E-state index contributed by atoms with van der Waals surface area (Å²) in [5.74, 6) is -0.370. The van der Waals surface area contributed by atoms with E-state index in [0.29, 0.717) is 11.3 Å². The minimum absolute atomic E-state index is 0.00241. The van der Waals surface area contributed by atoms with Gasteiger partial charge in [0.05, 0.1) is 16.9 Å². The van der Waals surface area contributed by atoms with E-state index in [1.807, 2.05) is 0 Å². The largest absolute Gasteiger partial charge is 0.497 e. The summed E-state index contributed by atoms with van der Waals surface area (Å²) in [4.78, 5) is 12.6. The van der Waals surface area contributed by atoms with Crippen LogP contribution >= 0.6 is 0 Å². The van der Waals surface area contributed by atoms with E-state index in [0.717, 1.165) is 0 Å². The number of rotatable bonds is 9. The zero-order chi connectivity index (χ0) is 22.5. The molecule has 0 aromatic heterocycles. The van der Waals surface area contributed by atoms with Gasteiger partial charge in [-0.1, -0.05) is 26.0 Å². The number of amides is 1. The van der Waals surface area contributed by atoms with Crippen LogP contribution in [0.3, 0.4) is 0 Å². The van der Waals surface area contributed by atoms with E-state index < -0.39 is 32.0 Å². The minimum Gasteiger partial charge on any atom is -0.497 e. The summed E-state index contributed by atoms with van der Waals surface area (Å²) in [7, 11) is -6.34. The van der Waals surface area contributed by atoms with Crippen LogP contribution in [0.15, 0.2) is 58.3 Å². The molecule has 0 saturated heterocycles. The number of benzene rings is 2. The normalized spacial score (nSPS) is 13.1. The average Bonchev–Trinajstić information content (AvgIpc) is 2.69. The van der Waals surface area contributed by atoms with Crippen LogP contribution in [0, 0.1) is 5.92 Å². The van der Waals surface area contributed by atoms with Gasteiger partial charge in [-0.3, -0.25) is 4.79 Å². The fourth-order valence-corrected chi connectivity index (χ4v) is 4.54. The molecule has 0 aliphatic heterocycles. The van der Waals surface area contributed by atoms with Gasteiger partial charge in [-0.2, -0.15) is 4.72 Å². The number of ether oxygens (including phenoxy) is 1. The maximum Gasteiger partial charge on any atom is 0.241 e. The maximum atomic E-state index is 12.7. The highest BCUT2D eigenvalue weighted by molar-refractivity contribution is 7.89. The van der Waals surface area contributed by atoms with Crippen LogP contribution in [0.1, 0.15) is 19.4 Å². The van der Waals surface area contributed by atoms with Crippen LogP contribution in [-0.2, 0) is 31.4 Å². The van der Waals surface area contributed by atoms with Crippen molar-refractivity contribution in [2.45, 2.75) is 36.2 Å². The molecule has 2 aromatic rings. The van der Waals surface area contributed by atoms with Gasteiger partial charge in [-0.15, -0.1) is 0 Å². The Balaban J connectivity index is 2.13. The summed E-state index contributed by atoms with van der Waals surface area (Å²) in [5.41, 5.74) is 0.510. The number of methoxy groups -OCH3 is 1. The number of sulfonamides is 2. The summed E-state index contributed by atoms with van der Waals surface area (Å²) in [6.45, 7) is 3.43. The third kappa shape index (κ3) is 6.26. The van der Waals surface area contributed by atoms with Crippen molar-refractivity contribution in [1.82, 2.24) is 10.0 Å². The molecular formula is C19H25N3O6S2. The number of carbonyl (C=O) groups is 1. The van der Waals surface area contributed by atoms with Crippen LogP contribution in [0.2, 0.25) is 0 Å². The van der Waals surface area contributed by atoms with Crippen molar-refractivity contribution in [3.63, 3.8) is 0 Å². The molecule has 1 amide bonds. The smallest absolute Gasteiger partial charge is 0.241 e. The van der Waals surface area contributed by atoms with Crippen molar-refractivity contribution in [3.8, 4) is 5.75 Å². The summed E-state index contributed by atoms with van der Waals surface area (Å²) in [6.07, 6.45) is 0. The molecule has 0 aliphatic carbocycles. The van der Waals surface area contributed by atoms with E-state index in [-0.39, 0.29) is 22.3 Å². The van der Waals surface area contributed by atoms with Crippen LogP contribution in [-0.4, -0.2) is 35.9 Å². The zero-order valence-electron chi connectivity index (χ0n) is 16.8. The lowest BCUT2D eigenvalue weighted by atomic mass is 10.0. The molecule has 0 heterocycles. The molecule has 0 radical (unpaired) electrons. The lowest BCUT2D eigenvalue weighted by molar-refractivity contribution is -0.123. The molecule has 11 heteroatoms. The number of hydrogen-bond acceptors (Lipinski definition) is 6. The molecule has 1 atom stereocenters. The summed E-state index contributed by atoms with van der Waals surface area (Å²) in [6, 6.07) is 10.6. The predicted octanol–water partition coefficient (Wildman–Crippen LogP) is 0.962. The van der Waals surface area contributed by atoms with Crippen molar-refractivity contribution in [3.05, 3.63) is 54.1 Å². The summed E-state index contributed by atoms with van der Waals surface area (Å²) in [5, 5.41) is 7.74. The van der Waals surface area contributed by atoms with Crippen LogP contribution in [0.5, 0.6) is 5.75 Å². The molecule has 0 aliphatic rings. The van der Waals surface area contributed by atoms with Gasteiger partial charge in [0.2, 0.25) is 26.0 Å². The Morgan fingerprint density at radius 1 is 1.03 bits per heavy atom. The molecule has 9 nitrogen and oxygen atoms in total. The quantitative estimate of drug-likeness (QED) is 0.514. The molecule has 164 valence electrons. The molecule has 30 heavy (non-hydrogen) atoms. The number of nitrogens with one attached hydrogen (secondary N) is 2. The Bertz CT molecular complexity index is 1100. The van der Waals surface area contributed by atoms with E-state index in [9.17, 15) is 21.6 Å². The number of primary sulfonamides is 1. The van der Waals surface area contributed by atoms with Crippen LogP contribution in [0.4, 0.5) is 0 Å². The summed E-state index contributed by atoms with van der Waals surface area (Å²) >= 11 is 0. The van der Waals surface area contributed by atoms with Crippen molar-refractivity contribution in [2.75, 3.05) is 7.11 Å². The molecular weight excluding hydrogens is 430 g/mol. The van der Waals surface area contributed by atoms with Gasteiger partial charge in [0.15, 0.2) is 0 Å². The molecule has 4 N–H and O–H groups in total. The highest BCUT2D eigenvalue weighted by atomic mass is 32.2. The van der Waals surface area contributed by atoms with Gasteiger partial charge in [0.1, 0.15) is 11.8 Å². The van der Waals surface area contributed by atoms with Crippen LogP contribution in [0.25, 0.3) is 0 Å². The second kappa shape index (κ2) is 9.56. The minimum atomic E-state index is -3.95. The second-order valence-corrected chi connectivity index (χ2v) is 10.2. The Morgan fingerprint density at radius 3 is 2.20 bits per heavy atom. The third-order valence-corrected chi connectivity index (χ3v) is 6.66. The third-order valence-electron chi connectivity index (χ3n) is 4.29. The SMILES string of the molecule is COc1ccc(S(=O)(=O)N[C@H](C(=O)NCc2cccc(S(N)(=O)=O)c2)C(C)C)cc1. The van der Waals surface area contributed by atoms with E-state index >= 15 is 0 Å². The summed E-state index contributed by atoms with van der Waals surface area (Å²) < 4.78 is 55.7. The molecule has 0 fully saturated rings. The van der Waals surface area contributed by atoms with Gasteiger partial charge in [-0.25, -0.2) is 22.0 Å². The maximum absolute atomic E-state index is 12.7. The molecule has 2 rings (SSSR count). The average molecular weight is 456 g/mol. The van der Waals surface area contributed by atoms with Gasteiger partial charge >= 0.3 is 0 Å². The van der Waals surface area contributed by atoms with Crippen molar-refractivity contribution >= 4 is 26.0 Å². The van der Waals surface area contributed by atoms with E-state index in [2.05, 4.69) is 10.0 Å². The number of hydrogen-bond donors (Lipinski definition) is 3. The first-order valence-corrected chi connectivity index (χ1v) is 12.0. The standard InChI is InChI=1S/C19H25N3O6S2/c1-13(2)18(22-30(26,27)16-9-7-15(28-3)8-10-16)19(23)21-12-14-5-4-6-17(11-14)29(20,24)25/h4-11,13,18,22H,12H2,1-3H3,(H,21,23)(H2,20,24,25)/t18-/m0/s1. The Morgan fingerprint density at radius 2 is 1.67 bits per heavy atom. The van der Waals surface area contributed by atoms with Crippen molar-refractivity contribution < 1.29 is 26.4 Å². The molecule has 0 saturated carbocycles. The molecule has 0 bridgehead atoms. The lowest BCUT2D eigenvalue weighted by Crippen LogP contribution is -2.49. The Hall–Kier alpha value is -2.47. The first kappa shape index (κ1) is 23.8. The lowest BCUT2D eigenvalue weighted by Gasteiger charge is -2.22. The first-order chi connectivity index (χ1) is 13.9. The Labute approximate surface area is 176 Å². The van der Waals surface area contributed by atoms with E-state index in [1.54, 1.807) is 19.9 Å². The van der Waals surface area contributed by atoms with E-state index in [4.69, 9.17) is 9.88 Å². The van der Waals surface area contributed by atoms with Gasteiger partial charge < -0.3 is 10.1 Å². The fraction of sp³-hybridized carbons (Fsp3) is 0.316. The zero-order valence-corrected chi connectivity index (χ0v) is 18.5. The number of carbonyl (C=O) groups excluding carboxylic acids is 1. The Kier molecular flexibility index (Phi) is 7.59. The highest BCUT2D eigenvalue weighted by Crippen LogP contribution is 2.17. The molecule has 0 spiro atoms. The highest BCUT2D eigenvalue weighted by Gasteiger charge is 2.28. The first-order valence-electron chi connectivity index (χ1n) is 9.00. The van der Waals surface area contributed by atoms with E-state index in [1.165, 1.54) is 49.6 Å². The molecule has 2 aromatic carbocycles. The number of nitrogens with two attached hydrogens (primary N) is 1. The monoisotopic (exact) mass is 455 g/mol. The second-order valence-electron chi connectivity index (χ2n) is 6.93. The van der Waals surface area contributed by atoms with Crippen molar-refractivity contribution in [1.29, 1.82) is 0 Å². The van der Waals surface area contributed by atoms with Crippen molar-refractivity contribution in [2.24, 2.45) is 11.1 Å². The van der Waals surface area contributed by atoms with Crippen LogP contribution < -0.4 is 19.9 Å². The van der Waals surface area contributed by atoms with Gasteiger partial charge in [0.25, 0.3) is 0 Å². The fourth-order valence-electron chi connectivity index (χ4n) is 2.61. The predicted molar refractivity (Wildman–Crippen MR) is 112 cm³/mol. The molecule has 0 unspecified atom stereocenters. The van der Waals surface area contributed by atoms with Gasteiger partial charge in [0, 0.05) is 6.54 Å². The van der Waals surface area contributed by atoms with Gasteiger partial charge in [-0.05, 0) is 47.9 Å². The topological polar surface area (TPSA) is 145 Å².